The number of aryl methyl sites for hydroxylation is 1. The van der Waals surface area contributed by atoms with Crippen LogP contribution in [0.5, 0.6) is 0 Å². The van der Waals surface area contributed by atoms with Crippen molar-refractivity contribution in [1.82, 2.24) is 25.2 Å². The van der Waals surface area contributed by atoms with Crippen LogP contribution in [0.15, 0.2) is 18.5 Å². The van der Waals surface area contributed by atoms with Crippen molar-refractivity contribution in [2.24, 2.45) is 0 Å². The first-order chi connectivity index (χ1) is 11.1. The minimum absolute atomic E-state index is 0.0611. The molecular formula is C16H21N5OS. The summed E-state index contributed by atoms with van der Waals surface area (Å²) in [5, 5.41) is 3.68. The van der Waals surface area contributed by atoms with Gasteiger partial charge < -0.3 is 5.32 Å². The molecule has 1 aliphatic rings. The van der Waals surface area contributed by atoms with Crippen LogP contribution in [0.3, 0.4) is 0 Å². The summed E-state index contributed by atoms with van der Waals surface area (Å²) in [6, 6.07) is 2.38. The maximum absolute atomic E-state index is 12.4. The zero-order chi connectivity index (χ0) is 16.2. The lowest BCUT2D eigenvalue weighted by Gasteiger charge is -2.20. The summed E-state index contributed by atoms with van der Waals surface area (Å²) < 4.78 is 0. The molecule has 0 radical (unpaired) electrons. The standard InChI is InChI=1S/C16H21N5OS/c1-11-5-3-9-21(11)10-8-19-15(22)13-12(2)20-16(23-13)14-17-6-4-7-18-14/h4,6-7,11H,3,5,8-10H2,1-2H3,(H,19,22). The number of hydrogen-bond donors (Lipinski definition) is 1. The molecule has 3 rings (SSSR count). The van der Waals surface area contributed by atoms with E-state index in [1.165, 1.54) is 24.2 Å². The van der Waals surface area contributed by atoms with Gasteiger partial charge in [0, 0.05) is 31.5 Å². The molecule has 0 aliphatic carbocycles. The van der Waals surface area contributed by atoms with Crippen LogP contribution >= 0.6 is 11.3 Å². The first kappa shape index (κ1) is 16.0. The first-order valence-electron chi connectivity index (χ1n) is 7.92. The summed E-state index contributed by atoms with van der Waals surface area (Å²) in [5.74, 6) is 0.500. The summed E-state index contributed by atoms with van der Waals surface area (Å²) in [6.45, 7) is 6.79. The van der Waals surface area contributed by atoms with E-state index >= 15 is 0 Å². The molecule has 0 aromatic carbocycles. The molecule has 1 unspecified atom stereocenters. The number of thiazole rings is 1. The second kappa shape index (κ2) is 7.14. The van der Waals surface area contributed by atoms with Crippen molar-refractivity contribution in [2.75, 3.05) is 19.6 Å². The Hall–Kier alpha value is -1.86. The molecule has 122 valence electrons. The van der Waals surface area contributed by atoms with E-state index in [4.69, 9.17) is 0 Å². The molecular weight excluding hydrogens is 310 g/mol. The van der Waals surface area contributed by atoms with Crippen molar-refractivity contribution in [1.29, 1.82) is 0 Å². The van der Waals surface area contributed by atoms with Crippen LogP contribution in [0.25, 0.3) is 10.8 Å². The number of amides is 1. The van der Waals surface area contributed by atoms with Gasteiger partial charge in [0.1, 0.15) is 4.88 Å². The summed E-state index contributed by atoms with van der Waals surface area (Å²) in [6.07, 6.45) is 5.86. The predicted octanol–water partition coefficient (Wildman–Crippen LogP) is 2.12. The van der Waals surface area contributed by atoms with Crippen LogP contribution in [0.4, 0.5) is 0 Å². The Kier molecular flexibility index (Phi) is 4.97. The smallest absolute Gasteiger partial charge is 0.263 e. The van der Waals surface area contributed by atoms with E-state index in [-0.39, 0.29) is 5.91 Å². The highest BCUT2D eigenvalue weighted by atomic mass is 32.1. The number of carbonyl (C=O) groups is 1. The normalized spacial score (nSPS) is 18.3. The van der Waals surface area contributed by atoms with Crippen molar-refractivity contribution in [2.45, 2.75) is 32.7 Å². The maximum atomic E-state index is 12.4. The highest BCUT2D eigenvalue weighted by Gasteiger charge is 2.21. The predicted molar refractivity (Wildman–Crippen MR) is 90.5 cm³/mol. The highest BCUT2D eigenvalue weighted by molar-refractivity contribution is 7.17. The Morgan fingerprint density at radius 2 is 2.22 bits per heavy atom. The Morgan fingerprint density at radius 3 is 2.91 bits per heavy atom. The fraction of sp³-hybridized carbons (Fsp3) is 0.500. The third-order valence-corrected chi connectivity index (χ3v) is 5.29. The monoisotopic (exact) mass is 331 g/mol. The molecule has 6 nitrogen and oxygen atoms in total. The average Bonchev–Trinajstić information content (AvgIpc) is 3.14. The van der Waals surface area contributed by atoms with Gasteiger partial charge in [0.15, 0.2) is 10.8 Å². The molecule has 3 heterocycles. The van der Waals surface area contributed by atoms with Crippen LogP contribution in [0.1, 0.15) is 35.1 Å². The highest BCUT2D eigenvalue weighted by Crippen LogP contribution is 2.25. The third kappa shape index (κ3) is 3.73. The largest absolute Gasteiger partial charge is 0.350 e. The van der Waals surface area contributed by atoms with Gasteiger partial charge in [-0.05, 0) is 39.3 Å². The number of aromatic nitrogens is 3. The molecule has 0 bridgehead atoms. The molecule has 1 aliphatic heterocycles. The van der Waals surface area contributed by atoms with Gasteiger partial charge in [-0.1, -0.05) is 0 Å². The lowest BCUT2D eigenvalue weighted by molar-refractivity contribution is 0.0951. The van der Waals surface area contributed by atoms with Gasteiger partial charge in [0.25, 0.3) is 5.91 Å². The quantitative estimate of drug-likeness (QED) is 0.909. The van der Waals surface area contributed by atoms with Crippen LogP contribution in [0, 0.1) is 6.92 Å². The molecule has 1 amide bonds. The van der Waals surface area contributed by atoms with Crippen LogP contribution in [-0.4, -0.2) is 51.4 Å². The molecule has 7 heteroatoms. The number of likely N-dealkylation sites (tertiary alicyclic amines) is 1. The molecule has 2 aromatic rings. The molecule has 23 heavy (non-hydrogen) atoms. The van der Waals surface area contributed by atoms with Crippen molar-refractivity contribution in [3.05, 3.63) is 29.0 Å². The molecule has 2 aromatic heterocycles. The SMILES string of the molecule is Cc1nc(-c2ncccn2)sc1C(=O)NCCN1CCCC1C. The number of rotatable bonds is 5. The van der Waals surface area contributed by atoms with Crippen LogP contribution in [-0.2, 0) is 0 Å². The topological polar surface area (TPSA) is 71.0 Å². The summed E-state index contributed by atoms with van der Waals surface area (Å²) in [4.78, 5) is 28.2. The van der Waals surface area contributed by atoms with Gasteiger partial charge in [-0.15, -0.1) is 11.3 Å². The van der Waals surface area contributed by atoms with Gasteiger partial charge in [0.2, 0.25) is 0 Å². The van der Waals surface area contributed by atoms with E-state index in [0.29, 0.717) is 28.3 Å². The van der Waals surface area contributed by atoms with Gasteiger partial charge in [-0.2, -0.15) is 0 Å². The maximum Gasteiger partial charge on any atom is 0.263 e. The minimum atomic E-state index is -0.0611. The van der Waals surface area contributed by atoms with E-state index in [1.807, 2.05) is 6.92 Å². The first-order valence-corrected chi connectivity index (χ1v) is 8.74. The lowest BCUT2D eigenvalue weighted by atomic mass is 10.2. The second-order valence-electron chi connectivity index (χ2n) is 5.79. The number of hydrogen-bond acceptors (Lipinski definition) is 6. The summed E-state index contributed by atoms with van der Waals surface area (Å²) in [5.41, 5.74) is 0.726. The fourth-order valence-electron chi connectivity index (χ4n) is 2.83. The van der Waals surface area contributed by atoms with Crippen LogP contribution in [0.2, 0.25) is 0 Å². The van der Waals surface area contributed by atoms with Gasteiger partial charge in [-0.25, -0.2) is 15.0 Å². The van der Waals surface area contributed by atoms with E-state index in [0.717, 1.165) is 18.8 Å². The number of nitrogens with zero attached hydrogens (tertiary/aromatic N) is 4. The van der Waals surface area contributed by atoms with Gasteiger partial charge >= 0.3 is 0 Å². The van der Waals surface area contributed by atoms with E-state index in [2.05, 4.69) is 32.1 Å². The Morgan fingerprint density at radius 1 is 1.43 bits per heavy atom. The van der Waals surface area contributed by atoms with E-state index in [9.17, 15) is 4.79 Å². The zero-order valence-electron chi connectivity index (χ0n) is 13.5. The second-order valence-corrected chi connectivity index (χ2v) is 6.79. The lowest BCUT2D eigenvalue weighted by Crippen LogP contribution is -2.36. The molecule has 0 spiro atoms. The molecule has 1 fully saturated rings. The molecule has 1 saturated heterocycles. The summed E-state index contributed by atoms with van der Waals surface area (Å²) in [7, 11) is 0. The molecule has 1 N–H and O–H groups in total. The zero-order valence-corrected chi connectivity index (χ0v) is 14.3. The van der Waals surface area contributed by atoms with Crippen molar-refractivity contribution >= 4 is 17.2 Å². The molecule has 1 atom stereocenters. The Balaban J connectivity index is 1.60. The summed E-state index contributed by atoms with van der Waals surface area (Å²) >= 11 is 1.34. The fourth-order valence-corrected chi connectivity index (χ4v) is 3.76. The number of carbonyl (C=O) groups excluding carboxylic acids is 1. The van der Waals surface area contributed by atoms with E-state index < -0.39 is 0 Å². The molecule has 0 saturated carbocycles. The minimum Gasteiger partial charge on any atom is -0.350 e. The van der Waals surface area contributed by atoms with Crippen LogP contribution < -0.4 is 5.32 Å². The Labute approximate surface area is 140 Å². The van der Waals surface area contributed by atoms with Crippen molar-refractivity contribution in [3.8, 4) is 10.8 Å². The van der Waals surface area contributed by atoms with Gasteiger partial charge in [-0.3, -0.25) is 9.69 Å². The number of nitrogens with one attached hydrogen (secondary N) is 1. The van der Waals surface area contributed by atoms with Crippen molar-refractivity contribution < 1.29 is 4.79 Å². The van der Waals surface area contributed by atoms with Crippen molar-refractivity contribution in [3.63, 3.8) is 0 Å². The van der Waals surface area contributed by atoms with Gasteiger partial charge in [0.05, 0.1) is 5.69 Å². The third-order valence-electron chi connectivity index (χ3n) is 4.14. The average molecular weight is 331 g/mol. The Bertz CT molecular complexity index is 672. The van der Waals surface area contributed by atoms with E-state index in [1.54, 1.807) is 18.5 Å².